The third kappa shape index (κ3) is 2.52. The van der Waals surface area contributed by atoms with E-state index < -0.39 is 5.97 Å². The van der Waals surface area contributed by atoms with Crippen LogP contribution in [0.5, 0.6) is 0 Å². The Morgan fingerprint density at radius 3 is 2.88 bits per heavy atom. The van der Waals surface area contributed by atoms with Crippen molar-refractivity contribution in [1.29, 1.82) is 0 Å². The Morgan fingerprint density at radius 2 is 2.24 bits per heavy atom. The summed E-state index contributed by atoms with van der Waals surface area (Å²) in [5, 5.41) is 9.94. The maximum absolute atomic E-state index is 10.8. The van der Waals surface area contributed by atoms with Crippen molar-refractivity contribution in [3.8, 4) is 0 Å². The SMILES string of the molecule is CCCn1cc(CC(=O)O)c2cc(Br)ccc21. The van der Waals surface area contributed by atoms with Crippen LogP contribution in [0.15, 0.2) is 28.9 Å². The summed E-state index contributed by atoms with van der Waals surface area (Å²) in [6.45, 7) is 3.03. The molecule has 0 bridgehead atoms. The lowest BCUT2D eigenvalue weighted by Crippen LogP contribution is -1.99. The second-order valence-corrected chi connectivity index (χ2v) is 5.00. The van der Waals surface area contributed by atoms with Gasteiger partial charge in [-0.2, -0.15) is 0 Å². The minimum Gasteiger partial charge on any atom is -0.481 e. The molecule has 0 saturated carbocycles. The van der Waals surface area contributed by atoms with Crippen LogP contribution in [-0.4, -0.2) is 15.6 Å². The topological polar surface area (TPSA) is 42.2 Å². The van der Waals surface area contributed by atoms with E-state index in [4.69, 9.17) is 5.11 Å². The number of hydrogen-bond donors (Lipinski definition) is 1. The first kappa shape index (κ1) is 12.2. The molecule has 0 radical (unpaired) electrons. The average Bonchev–Trinajstić information content (AvgIpc) is 2.56. The molecule has 0 saturated heterocycles. The van der Waals surface area contributed by atoms with Gasteiger partial charge >= 0.3 is 5.97 Å². The first-order valence-corrected chi connectivity index (χ1v) is 6.40. The largest absolute Gasteiger partial charge is 0.481 e. The molecule has 2 aromatic rings. The Bertz CT molecular complexity index is 560. The highest BCUT2D eigenvalue weighted by molar-refractivity contribution is 9.10. The minimum absolute atomic E-state index is 0.0731. The monoisotopic (exact) mass is 295 g/mol. The molecule has 1 aromatic heterocycles. The fourth-order valence-corrected chi connectivity index (χ4v) is 2.43. The zero-order valence-electron chi connectivity index (χ0n) is 9.61. The third-order valence-corrected chi connectivity index (χ3v) is 3.23. The average molecular weight is 296 g/mol. The van der Waals surface area contributed by atoms with E-state index in [0.29, 0.717) is 0 Å². The number of halogens is 1. The zero-order chi connectivity index (χ0) is 12.4. The van der Waals surface area contributed by atoms with E-state index in [2.05, 4.69) is 27.4 Å². The van der Waals surface area contributed by atoms with E-state index in [0.717, 1.165) is 33.9 Å². The van der Waals surface area contributed by atoms with E-state index in [1.807, 2.05) is 24.4 Å². The van der Waals surface area contributed by atoms with Gasteiger partial charge in [0, 0.05) is 28.1 Å². The van der Waals surface area contributed by atoms with Gasteiger partial charge in [0.2, 0.25) is 0 Å². The Kier molecular flexibility index (Phi) is 3.52. The van der Waals surface area contributed by atoms with Crippen LogP contribution >= 0.6 is 15.9 Å². The van der Waals surface area contributed by atoms with E-state index in [9.17, 15) is 4.79 Å². The van der Waals surface area contributed by atoms with Gasteiger partial charge in [-0.05, 0) is 30.2 Å². The minimum atomic E-state index is -0.791. The Morgan fingerprint density at radius 1 is 1.47 bits per heavy atom. The lowest BCUT2D eigenvalue weighted by Gasteiger charge is -2.02. The van der Waals surface area contributed by atoms with Gasteiger partial charge in [-0.25, -0.2) is 0 Å². The second kappa shape index (κ2) is 4.92. The molecule has 1 heterocycles. The van der Waals surface area contributed by atoms with Crippen molar-refractivity contribution in [3.05, 3.63) is 34.4 Å². The maximum atomic E-state index is 10.8. The fourth-order valence-electron chi connectivity index (χ4n) is 2.07. The molecule has 0 atom stereocenters. The summed E-state index contributed by atoms with van der Waals surface area (Å²) in [5.74, 6) is -0.791. The molecule has 4 heteroatoms. The van der Waals surface area contributed by atoms with Gasteiger partial charge in [0.05, 0.1) is 6.42 Å². The van der Waals surface area contributed by atoms with Gasteiger partial charge in [-0.3, -0.25) is 4.79 Å². The number of benzene rings is 1. The lowest BCUT2D eigenvalue weighted by molar-refractivity contribution is -0.136. The van der Waals surface area contributed by atoms with Crippen LogP contribution in [-0.2, 0) is 17.8 Å². The van der Waals surface area contributed by atoms with E-state index in [1.54, 1.807) is 0 Å². The number of aromatic nitrogens is 1. The van der Waals surface area contributed by atoms with Gasteiger partial charge in [0.15, 0.2) is 0 Å². The molecular formula is C13H14BrNO2. The molecule has 17 heavy (non-hydrogen) atoms. The molecule has 0 spiro atoms. The number of carbonyl (C=O) groups is 1. The predicted molar refractivity (Wildman–Crippen MR) is 71.3 cm³/mol. The molecule has 0 aliphatic carbocycles. The van der Waals surface area contributed by atoms with E-state index >= 15 is 0 Å². The predicted octanol–water partition coefficient (Wildman–Crippen LogP) is 3.44. The summed E-state index contributed by atoms with van der Waals surface area (Å²) in [6.07, 6.45) is 3.06. The summed E-state index contributed by atoms with van der Waals surface area (Å²) in [7, 11) is 0. The Hall–Kier alpha value is -1.29. The van der Waals surface area contributed by atoms with Crippen LogP contribution in [0, 0.1) is 0 Å². The summed E-state index contributed by atoms with van der Waals surface area (Å²) in [6, 6.07) is 6.00. The van der Waals surface area contributed by atoms with Crippen LogP contribution in [0.1, 0.15) is 18.9 Å². The van der Waals surface area contributed by atoms with Gasteiger partial charge in [0.1, 0.15) is 0 Å². The molecule has 3 nitrogen and oxygen atoms in total. The van der Waals surface area contributed by atoms with Crippen molar-refractivity contribution in [1.82, 2.24) is 4.57 Å². The van der Waals surface area contributed by atoms with Crippen molar-refractivity contribution < 1.29 is 9.90 Å². The maximum Gasteiger partial charge on any atom is 0.307 e. The highest BCUT2D eigenvalue weighted by Crippen LogP contribution is 2.26. The smallest absolute Gasteiger partial charge is 0.307 e. The Balaban J connectivity index is 2.57. The van der Waals surface area contributed by atoms with Gasteiger partial charge < -0.3 is 9.67 Å². The van der Waals surface area contributed by atoms with Gasteiger partial charge in [0.25, 0.3) is 0 Å². The number of carboxylic acid groups (broad SMARTS) is 1. The molecule has 0 amide bonds. The highest BCUT2D eigenvalue weighted by atomic mass is 79.9. The number of nitrogens with zero attached hydrogens (tertiary/aromatic N) is 1. The summed E-state index contributed by atoms with van der Waals surface area (Å²) < 4.78 is 3.10. The summed E-state index contributed by atoms with van der Waals surface area (Å²) >= 11 is 3.42. The number of rotatable bonds is 4. The van der Waals surface area contributed by atoms with Crippen molar-refractivity contribution in [2.24, 2.45) is 0 Å². The molecule has 1 N–H and O–H groups in total. The van der Waals surface area contributed by atoms with Crippen LogP contribution in [0.25, 0.3) is 10.9 Å². The number of fused-ring (bicyclic) bond motifs is 1. The van der Waals surface area contributed by atoms with Crippen molar-refractivity contribution in [2.75, 3.05) is 0 Å². The summed E-state index contributed by atoms with van der Waals surface area (Å²) in [4.78, 5) is 10.8. The number of hydrogen-bond acceptors (Lipinski definition) is 1. The molecule has 90 valence electrons. The molecule has 0 aliphatic heterocycles. The highest BCUT2D eigenvalue weighted by Gasteiger charge is 2.11. The lowest BCUT2D eigenvalue weighted by atomic mass is 10.1. The second-order valence-electron chi connectivity index (χ2n) is 4.08. The van der Waals surface area contributed by atoms with Gasteiger partial charge in [-0.1, -0.05) is 22.9 Å². The molecule has 1 aromatic carbocycles. The quantitative estimate of drug-likeness (QED) is 0.939. The number of carboxylic acids is 1. The fraction of sp³-hybridized carbons (Fsp3) is 0.308. The standard InChI is InChI=1S/C13H14BrNO2/c1-2-5-15-8-9(6-13(16)17)11-7-10(14)3-4-12(11)15/h3-4,7-8H,2,5-6H2,1H3,(H,16,17). The van der Waals surface area contributed by atoms with Crippen molar-refractivity contribution in [3.63, 3.8) is 0 Å². The van der Waals surface area contributed by atoms with Crippen LogP contribution in [0.4, 0.5) is 0 Å². The molecular weight excluding hydrogens is 282 g/mol. The first-order valence-electron chi connectivity index (χ1n) is 5.61. The molecule has 0 unspecified atom stereocenters. The van der Waals surface area contributed by atoms with Gasteiger partial charge in [-0.15, -0.1) is 0 Å². The van der Waals surface area contributed by atoms with Crippen molar-refractivity contribution >= 4 is 32.8 Å². The van der Waals surface area contributed by atoms with E-state index in [1.165, 1.54) is 0 Å². The van der Waals surface area contributed by atoms with Crippen LogP contribution in [0.3, 0.4) is 0 Å². The third-order valence-electron chi connectivity index (χ3n) is 2.73. The Labute approximate surface area is 108 Å². The van der Waals surface area contributed by atoms with E-state index in [-0.39, 0.29) is 6.42 Å². The van der Waals surface area contributed by atoms with Crippen LogP contribution in [0.2, 0.25) is 0 Å². The van der Waals surface area contributed by atoms with Crippen LogP contribution < -0.4 is 0 Å². The summed E-state index contributed by atoms with van der Waals surface area (Å²) in [5.41, 5.74) is 1.98. The number of aryl methyl sites for hydroxylation is 1. The molecule has 0 fully saturated rings. The first-order chi connectivity index (χ1) is 8.11. The molecule has 2 rings (SSSR count). The van der Waals surface area contributed by atoms with Crippen molar-refractivity contribution in [2.45, 2.75) is 26.3 Å². The zero-order valence-corrected chi connectivity index (χ0v) is 11.2. The normalized spacial score (nSPS) is 10.9. The molecule has 0 aliphatic rings. The number of aliphatic carboxylic acids is 1.